The molecular formula is C14H12IN3O3. The van der Waals surface area contributed by atoms with E-state index in [9.17, 15) is 14.9 Å². The van der Waals surface area contributed by atoms with Gasteiger partial charge < -0.3 is 5.32 Å². The summed E-state index contributed by atoms with van der Waals surface area (Å²) in [5.41, 5.74) is 1.06. The minimum atomic E-state index is -0.516. The molecule has 1 heterocycles. The highest BCUT2D eigenvalue weighted by Crippen LogP contribution is 2.20. The number of amides is 1. The third-order valence-electron chi connectivity index (χ3n) is 2.94. The molecule has 0 fully saturated rings. The molecule has 0 bridgehead atoms. The standard InChI is InChI=1S/C14H12IN3O3/c1-9(10-3-2-6-16-8-10)17-14(19)12-7-11(18(20)21)4-5-13(12)15/h2-9H,1H3,(H,17,19). The molecule has 7 heteroatoms. The first-order chi connectivity index (χ1) is 9.99. The van der Waals surface area contributed by atoms with E-state index in [2.05, 4.69) is 10.3 Å². The lowest BCUT2D eigenvalue weighted by Gasteiger charge is -2.14. The summed E-state index contributed by atoms with van der Waals surface area (Å²) in [4.78, 5) is 26.5. The topological polar surface area (TPSA) is 85.1 Å². The number of halogens is 1. The maximum atomic E-state index is 12.3. The number of aromatic nitrogens is 1. The molecule has 0 aliphatic heterocycles. The average Bonchev–Trinajstić information content (AvgIpc) is 2.48. The molecule has 1 aromatic heterocycles. The van der Waals surface area contributed by atoms with Crippen LogP contribution in [0.4, 0.5) is 5.69 Å². The van der Waals surface area contributed by atoms with Crippen LogP contribution in [0.3, 0.4) is 0 Å². The Labute approximate surface area is 134 Å². The Kier molecular flexibility index (Phi) is 4.84. The van der Waals surface area contributed by atoms with E-state index in [-0.39, 0.29) is 17.6 Å². The van der Waals surface area contributed by atoms with Gasteiger partial charge in [0.1, 0.15) is 0 Å². The van der Waals surface area contributed by atoms with Crippen molar-refractivity contribution in [2.45, 2.75) is 13.0 Å². The van der Waals surface area contributed by atoms with Gasteiger partial charge in [0.15, 0.2) is 0 Å². The second-order valence-electron chi connectivity index (χ2n) is 4.40. The van der Waals surface area contributed by atoms with Gasteiger partial charge in [0.05, 0.1) is 16.5 Å². The van der Waals surface area contributed by atoms with Crippen molar-refractivity contribution >= 4 is 34.2 Å². The lowest BCUT2D eigenvalue weighted by molar-refractivity contribution is -0.384. The van der Waals surface area contributed by atoms with Crippen LogP contribution in [0.25, 0.3) is 0 Å². The number of hydrogen-bond donors (Lipinski definition) is 1. The van der Waals surface area contributed by atoms with Crippen LogP contribution in [0.5, 0.6) is 0 Å². The van der Waals surface area contributed by atoms with Crippen LogP contribution < -0.4 is 5.32 Å². The molecule has 108 valence electrons. The molecule has 2 aromatic rings. The quantitative estimate of drug-likeness (QED) is 0.488. The summed E-state index contributed by atoms with van der Waals surface area (Å²) in [7, 11) is 0. The first-order valence-electron chi connectivity index (χ1n) is 6.14. The van der Waals surface area contributed by atoms with Crippen molar-refractivity contribution in [2.24, 2.45) is 0 Å². The van der Waals surface area contributed by atoms with Crippen LogP contribution in [-0.4, -0.2) is 15.8 Å². The van der Waals surface area contributed by atoms with Gasteiger partial charge in [-0.1, -0.05) is 6.07 Å². The summed E-state index contributed by atoms with van der Waals surface area (Å²) in [5, 5.41) is 13.6. The van der Waals surface area contributed by atoms with Crippen molar-refractivity contribution in [3.8, 4) is 0 Å². The summed E-state index contributed by atoms with van der Waals surface area (Å²) >= 11 is 1.98. The number of carbonyl (C=O) groups excluding carboxylic acids is 1. The van der Waals surface area contributed by atoms with E-state index in [1.807, 2.05) is 35.6 Å². The van der Waals surface area contributed by atoms with Crippen molar-refractivity contribution in [3.63, 3.8) is 0 Å². The molecule has 0 aliphatic carbocycles. The molecule has 6 nitrogen and oxygen atoms in total. The highest BCUT2D eigenvalue weighted by molar-refractivity contribution is 14.1. The Morgan fingerprint density at radius 3 is 2.81 bits per heavy atom. The molecule has 1 aromatic carbocycles. The fourth-order valence-corrected chi connectivity index (χ4v) is 2.37. The number of nitro benzene ring substituents is 1. The van der Waals surface area contributed by atoms with Crippen LogP contribution in [0, 0.1) is 13.7 Å². The first kappa shape index (κ1) is 15.4. The van der Waals surface area contributed by atoms with Crippen molar-refractivity contribution in [1.29, 1.82) is 0 Å². The molecule has 21 heavy (non-hydrogen) atoms. The van der Waals surface area contributed by atoms with Crippen LogP contribution in [0.15, 0.2) is 42.7 Å². The van der Waals surface area contributed by atoms with E-state index in [1.165, 1.54) is 12.1 Å². The minimum Gasteiger partial charge on any atom is -0.345 e. The third-order valence-corrected chi connectivity index (χ3v) is 3.88. The molecule has 2 rings (SSSR count). The average molecular weight is 397 g/mol. The zero-order chi connectivity index (χ0) is 15.4. The van der Waals surface area contributed by atoms with Crippen molar-refractivity contribution in [1.82, 2.24) is 10.3 Å². The zero-order valence-corrected chi connectivity index (χ0v) is 13.3. The Bertz CT molecular complexity index is 676. The van der Waals surface area contributed by atoms with Gasteiger partial charge in [-0.05, 0) is 47.2 Å². The number of rotatable bonds is 4. The fourth-order valence-electron chi connectivity index (χ4n) is 1.79. The van der Waals surface area contributed by atoms with Gasteiger partial charge in [-0.2, -0.15) is 0 Å². The number of pyridine rings is 1. The Balaban J connectivity index is 2.21. The second kappa shape index (κ2) is 6.61. The predicted molar refractivity (Wildman–Crippen MR) is 85.9 cm³/mol. The molecule has 1 unspecified atom stereocenters. The molecule has 0 spiro atoms. The van der Waals surface area contributed by atoms with E-state index < -0.39 is 4.92 Å². The van der Waals surface area contributed by atoms with Crippen molar-refractivity contribution in [2.75, 3.05) is 0 Å². The third kappa shape index (κ3) is 3.75. The first-order valence-corrected chi connectivity index (χ1v) is 7.21. The van der Waals surface area contributed by atoms with Crippen LogP contribution in [-0.2, 0) is 0 Å². The normalized spacial score (nSPS) is 11.7. The number of benzene rings is 1. The largest absolute Gasteiger partial charge is 0.345 e. The Morgan fingerprint density at radius 2 is 2.19 bits per heavy atom. The number of non-ortho nitro benzene ring substituents is 1. The second-order valence-corrected chi connectivity index (χ2v) is 5.56. The summed E-state index contributed by atoms with van der Waals surface area (Å²) in [5.74, 6) is -0.348. The van der Waals surface area contributed by atoms with Gasteiger partial charge in [0, 0.05) is 28.1 Å². The molecule has 1 atom stereocenters. The minimum absolute atomic E-state index is 0.102. The zero-order valence-electron chi connectivity index (χ0n) is 11.1. The number of nitro groups is 1. The van der Waals surface area contributed by atoms with E-state index in [0.717, 1.165) is 5.56 Å². The van der Waals surface area contributed by atoms with Crippen LogP contribution in [0.2, 0.25) is 0 Å². The fraction of sp³-hybridized carbons (Fsp3) is 0.143. The summed E-state index contributed by atoms with van der Waals surface area (Å²) in [6.07, 6.45) is 3.32. The summed E-state index contributed by atoms with van der Waals surface area (Å²) < 4.78 is 0.661. The van der Waals surface area contributed by atoms with Gasteiger partial charge in [-0.15, -0.1) is 0 Å². The monoisotopic (exact) mass is 397 g/mol. The number of nitrogens with zero attached hydrogens (tertiary/aromatic N) is 2. The SMILES string of the molecule is CC(NC(=O)c1cc([N+](=O)[O-])ccc1I)c1cccnc1. The number of hydrogen-bond acceptors (Lipinski definition) is 4. The molecule has 0 saturated heterocycles. The van der Waals surface area contributed by atoms with Gasteiger partial charge in [0.25, 0.3) is 11.6 Å². The maximum Gasteiger partial charge on any atom is 0.270 e. The predicted octanol–water partition coefficient (Wildman–Crippen LogP) is 3.09. The molecule has 1 N–H and O–H groups in total. The molecule has 0 radical (unpaired) electrons. The Hall–Kier alpha value is -2.03. The summed E-state index contributed by atoms with van der Waals surface area (Å²) in [6.45, 7) is 1.83. The van der Waals surface area contributed by atoms with Gasteiger partial charge >= 0.3 is 0 Å². The highest BCUT2D eigenvalue weighted by atomic mass is 127. The van der Waals surface area contributed by atoms with Crippen LogP contribution in [0.1, 0.15) is 28.9 Å². The van der Waals surface area contributed by atoms with Gasteiger partial charge in [0.2, 0.25) is 0 Å². The lowest BCUT2D eigenvalue weighted by atomic mass is 10.1. The maximum absolute atomic E-state index is 12.3. The molecule has 1 amide bonds. The lowest BCUT2D eigenvalue weighted by Crippen LogP contribution is -2.27. The van der Waals surface area contributed by atoms with Crippen LogP contribution >= 0.6 is 22.6 Å². The van der Waals surface area contributed by atoms with E-state index in [4.69, 9.17) is 0 Å². The molecule has 0 saturated carbocycles. The smallest absolute Gasteiger partial charge is 0.270 e. The van der Waals surface area contributed by atoms with E-state index in [0.29, 0.717) is 9.13 Å². The number of nitrogens with one attached hydrogen (secondary N) is 1. The van der Waals surface area contributed by atoms with Crippen molar-refractivity contribution < 1.29 is 9.72 Å². The summed E-state index contributed by atoms with van der Waals surface area (Å²) in [6, 6.07) is 7.63. The van der Waals surface area contributed by atoms with E-state index in [1.54, 1.807) is 24.5 Å². The molecular weight excluding hydrogens is 385 g/mol. The Morgan fingerprint density at radius 1 is 1.43 bits per heavy atom. The highest BCUT2D eigenvalue weighted by Gasteiger charge is 2.17. The van der Waals surface area contributed by atoms with Gasteiger partial charge in [-0.25, -0.2) is 0 Å². The van der Waals surface area contributed by atoms with E-state index >= 15 is 0 Å². The van der Waals surface area contributed by atoms with Crippen molar-refractivity contribution in [3.05, 3.63) is 67.5 Å². The number of carbonyl (C=O) groups is 1. The van der Waals surface area contributed by atoms with Gasteiger partial charge in [-0.3, -0.25) is 19.9 Å². The molecule has 0 aliphatic rings.